The molecule has 6 heteroatoms. The lowest BCUT2D eigenvalue weighted by Gasteiger charge is -2.41. The number of alkyl halides is 1. The number of carbonyl (C=O) groups is 1. The van der Waals surface area contributed by atoms with E-state index in [0.29, 0.717) is 5.88 Å². The Morgan fingerprint density at radius 1 is 1.61 bits per heavy atom. The molecular formula is C12H18ClN3OS. The second kappa shape index (κ2) is 5.55. The van der Waals surface area contributed by atoms with E-state index in [1.165, 1.54) is 0 Å². The summed E-state index contributed by atoms with van der Waals surface area (Å²) in [7, 11) is 0. The molecule has 1 aliphatic heterocycles. The molecule has 2 rings (SSSR count). The summed E-state index contributed by atoms with van der Waals surface area (Å²) in [6.07, 6.45) is 0.873. The van der Waals surface area contributed by atoms with Crippen LogP contribution in [0.4, 0.5) is 0 Å². The summed E-state index contributed by atoms with van der Waals surface area (Å²) in [6, 6.07) is 0. The van der Waals surface area contributed by atoms with Crippen LogP contribution in [0.2, 0.25) is 0 Å². The molecule has 0 radical (unpaired) electrons. The highest BCUT2D eigenvalue weighted by Crippen LogP contribution is 2.19. The standard InChI is InChI=1S/C12H18ClN3OS/c1-12(2)11(17)14-4-6-16(12)5-3-10-15-9(7-13)8-18-10/h8H,3-7H2,1-2H3,(H,14,17). The molecule has 0 atom stereocenters. The summed E-state index contributed by atoms with van der Waals surface area (Å²) in [4.78, 5) is 18.5. The van der Waals surface area contributed by atoms with Crippen LogP contribution in [-0.4, -0.2) is 41.0 Å². The molecule has 4 nitrogen and oxygen atoms in total. The van der Waals surface area contributed by atoms with E-state index in [4.69, 9.17) is 11.6 Å². The van der Waals surface area contributed by atoms with Crippen LogP contribution in [0.15, 0.2) is 5.38 Å². The predicted octanol–water partition coefficient (Wildman–Crippen LogP) is 1.63. The van der Waals surface area contributed by atoms with Crippen LogP contribution in [0, 0.1) is 0 Å². The SMILES string of the molecule is CC1(C)C(=O)NCCN1CCc1nc(CCl)cs1. The third-order valence-corrected chi connectivity index (χ3v) is 4.58. The predicted molar refractivity (Wildman–Crippen MR) is 74.0 cm³/mol. The zero-order valence-corrected chi connectivity index (χ0v) is 12.3. The van der Waals surface area contributed by atoms with Crippen LogP contribution in [-0.2, 0) is 17.1 Å². The Kier molecular flexibility index (Phi) is 4.25. The molecule has 18 heavy (non-hydrogen) atoms. The Bertz CT molecular complexity index is 433. The maximum absolute atomic E-state index is 11.8. The fourth-order valence-electron chi connectivity index (χ4n) is 2.09. The highest BCUT2D eigenvalue weighted by molar-refractivity contribution is 7.09. The van der Waals surface area contributed by atoms with Gasteiger partial charge in [0, 0.05) is 31.4 Å². The molecule has 0 aliphatic carbocycles. The Balaban J connectivity index is 1.94. The molecule has 1 aromatic heterocycles. The number of nitrogens with zero attached hydrogens (tertiary/aromatic N) is 2. The van der Waals surface area contributed by atoms with Crippen LogP contribution in [0.25, 0.3) is 0 Å². The van der Waals surface area contributed by atoms with E-state index in [0.717, 1.165) is 36.8 Å². The molecule has 0 unspecified atom stereocenters. The summed E-state index contributed by atoms with van der Waals surface area (Å²) in [5.74, 6) is 0.572. The number of hydrogen-bond donors (Lipinski definition) is 1. The molecule has 1 N–H and O–H groups in total. The molecule has 1 aromatic rings. The monoisotopic (exact) mass is 287 g/mol. The Labute approximate surface area is 116 Å². The molecule has 2 heterocycles. The number of hydrogen-bond acceptors (Lipinski definition) is 4. The number of thiazole rings is 1. The van der Waals surface area contributed by atoms with Gasteiger partial charge in [0.1, 0.15) is 0 Å². The lowest BCUT2D eigenvalue weighted by atomic mass is 9.99. The Morgan fingerprint density at radius 3 is 3.06 bits per heavy atom. The van der Waals surface area contributed by atoms with E-state index in [-0.39, 0.29) is 5.91 Å². The van der Waals surface area contributed by atoms with Gasteiger partial charge in [0.25, 0.3) is 0 Å². The van der Waals surface area contributed by atoms with Crippen LogP contribution >= 0.6 is 22.9 Å². The minimum absolute atomic E-state index is 0.106. The Morgan fingerprint density at radius 2 is 2.39 bits per heavy atom. The number of nitrogens with one attached hydrogen (secondary N) is 1. The van der Waals surface area contributed by atoms with E-state index < -0.39 is 5.54 Å². The van der Waals surface area contributed by atoms with Gasteiger partial charge < -0.3 is 5.32 Å². The molecule has 0 bridgehead atoms. The van der Waals surface area contributed by atoms with Gasteiger partial charge in [0.05, 0.1) is 22.1 Å². The van der Waals surface area contributed by atoms with E-state index in [9.17, 15) is 4.79 Å². The summed E-state index contributed by atoms with van der Waals surface area (Å²) in [5, 5.41) is 5.99. The minimum Gasteiger partial charge on any atom is -0.353 e. The van der Waals surface area contributed by atoms with Gasteiger partial charge in [-0.05, 0) is 13.8 Å². The first-order valence-electron chi connectivity index (χ1n) is 6.06. The Hall–Kier alpha value is -0.650. The molecule has 100 valence electrons. The van der Waals surface area contributed by atoms with Crippen LogP contribution in [0.5, 0.6) is 0 Å². The van der Waals surface area contributed by atoms with Crippen molar-refractivity contribution in [3.05, 3.63) is 16.1 Å². The summed E-state index contributed by atoms with van der Waals surface area (Å²) >= 11 is 7.38. The summed E-state index contributed by atoms with van der Waals surface area (Å²) < 4.78 is 0. The smallest absolute Gasteiger partial charge is 0.239 e. The largest absolute Gasteiger partial charge is 0.353 e. The van der Waals surface area contributed by atoms with Crippen molar-refractivity contribution in [1.82, 2.24) is 15.2 Å². The number of rotatable bonds is 4. The third kappa shape index (κ3) is 2.84. The van der Waals surface area contributed by atoms with Crippen LogP contribution in [0.3, 0.4) is 0 Å². The van der Waals surface area contributed by atoms with Gasteiger partial charge in [-0.25, -0.2) is 4.98 Å². The number of piperazine rings is 1. The van der Waals surface area contributed by atoms with Crippen molar-refractivity contribution >= 4 is 28.8 Å². The average Bonchev–Trinajstić information content (AvgIpc) is 2.79. The van der Waals surface area contributed by atoms with Gasteiger partial charge in [-0.3, -0.25) is 9.69 Å². The van der Waals surface area contributed by atoms with E-state index in [1.54, 1.807) is 11.3 Å². The molecule has 1 saturated heterocycles. The third-order valence-electron chi connectivity index (χ3n) is 3.35. The summed E-state index contributed by atoms with van der Waals surface area (Å²) in [5.41, 5.74) is 0.512. The fourth-order valence-corrected chi connectivity index (χ4v) is 3.11. The highest BCUT2D eigenvalue weighted by Gasteiger charge is 2.37. The van der Waals surface area contributed by atoms with Gasteiger partial charge in [-0.2, -0.15) is 0 Å². The first-order valence-corrected chi connectivity index (χ1v) is 7.48. The maximum atomic E-state index is 11.8. The van der Waals surface area contributed by atoms with Crippen LogP contribution in [0.1, 0.15) is 24.5 Å². The van der Waals surface area contributed by atoms with E-state index >= 15 is 0 Å². The summed E-state index contributed by atoms with van der Waals surface area (Å²) in [6.45, 7) is 6.41. The van der Waals surface area contributed by atoms with Gasteiger partial charge in [0.15, 0.2) is 0 Å². The molecule has 0 spiro atoms. The lowest BCUT2D eigenvalue weighted by molar-refractivity contribution is -0.134. The van der Waals surface area contributed by atoms with Crippen molar-refractivity contribution in [1.29, 1.82) is 0 Å². The first kappa shape index (κ1) is 13.8. The zero-order chi connectivity index (χ0) is 13.2. The molecular weight excluding hydrogens is 270 g/mol. The van der Waals surface area contributed by atoms with Crippen LogP contribution < -0.4 is 5.32 Å². The zero-order valence-electron chi connectivity index (χ0n) is 10.7. The van der Waals surface area contributed by atoms with Crippen molar-refractivity contribution in [3.8, 4) is 0 Å². The fraction of sp³-hybridized carbons (Fsp3) is 0.667. The van der Waals surface area contributed by atoms with E-state index in [1.807, 2.05) is 19.2 Å². The number of carbonyl (C=O) groups excluding carboxylic acids is 1. The van der Waals surface area contributed by atoms with Gasteiger partial charge in [-0.15, -0.1) is 22.9 Å². The quantitative estimate of drug-likeness (QED) is 0.856. The number of amides is 1. The van der Waals surface area contributed by atoms with Crippen molar-refractivity contribution in [2.45, 2.75) is 31.7 Å². The van der Waals surface area contributed by atoms with E-state index in [2.05, 4.69) is 15.2 Å². The topological polar surface area (TPSA) is 45.2 Å². The minimum atomic E-state index is -0.426. The van der Waals surface area contributed by atoms with Crippen molar-refractivity contribution in [3.63, 3.8) is 0 Å². The number of halogens is 1. The van der Waals surface area contributed by atoms with Crippen molar-refractivity contribution in [2.75, 3.05) is 19.6 Å². The van der Waals surface area contributed by atoms with Crippen molar-refractivity contribution in [2.24, 2.45) is 0 Å². The molecule has 1 aliphatic rings. The molecule has 0 saturated carbocycles. The number of aromatic nitrogens is 1. The lowest BCUT2D eigenvalue weighted by Crippen LogP contribution is -2.62. The normalized spacial score (nSPS) is 19.8. The second-order valence-corrected chi connectivity index (χ2v) is 6.13. The second-order valence-electron chi connectivity index (χ2n) is 4.92. The van der Waals surface area contributed by atoms with Gasteiger partial charge in [0.2, 0.25) is 5.91 Å². The molecule has 1 fully saturated rings. The van der Waals surface area contributed by atoms with Crippen molar-refractivity contribution < 1.29 is 4.79 Å². The highest BCUT2D eigenvalue weighted by atomic mass is 35.5. The molecule has 1 amide bonds. The average molecular weight is 288 g/mol. The molecule has 0 aromatic carbocycles. The van der Waals surface area contributed by atoms with Gasteiger partial charge in [-0.1, -0.05) is 0 Å². The van der Waals surface area contributed by atoms with Gasteiger partial charge >= 0.3 is 0 Å². The maximum Gasteiger partial charge on any atom is 0.239 e. The first-order chi connectivity index (χ1) is 8.54.